The van der Waals surface area contributed by atoms with E-state index in [1.807, 2.05) is 24.3 Å². The molecule has 0 saturated heterocycles. The second-order valence-corrected chi connectivity index (χ2v) is 5.60. The summed E-state index contributed by atoms with van der Waals surface area (Å²) in [5.41, 5.74) is 2.61. The lowest BCUT2D eigenvalue weighted by molar-refractivity contribution is -0.126. The molecular formula is C17H18N2O4. The molecule has 0 aliphatic carbocycles. The Hall–Kier alpha value is -2.63. The summed E-state index contributed by atoms with van der Waals surface area (Å²) in [6.07, 6.45) is 0.954. The van der Waals surface area contributed by atoms with E-state index in [0.29, 0.717) is 12.2 Å². The molecule has 2 heterocycles. The number of aryl methyl sites for hydroxylation is 2. The summed E-state index contributed by atoms with van der Waals surface area (Å²) in [6, 6.07) is 9.28. The average Bonchev–Trinajstić information content (AvgIpc) is 3.00. The molecule has 0 spiro atoms. The number of aromatic nitrogens is 1. The number of ether oxygens (including phenoxy) is 1. The first-order valence-electron chi connectivity index (χ1n) is 7.60. The third-order valence-corrected chi connectivity index (χ3v) is 3.84. The third-order valence-electron chi connectivity index (χ3n) is 3.84. The number of carbonyl (C=O) groups excluding carboxylic acids is 2. The van der Waals surface area contributed by atoms with Crippen LogP contribution in [-0.2, 0) is 16.0 Å². The zero-order valence-electron chi connectivity index (χ0n) is 13.1. The highest BCUT2D eigenvalue weighted by Gasteiger charge is 2.29. The van der Waals surface area contributed by atoms with Gasteiger partial charge in [0.1, 0.15) is 0 Å². The van der Waals surface area contributed by atoms with Gasteiger partial charge in [-0.05, 0) is 38.3 Å². The van der Waals surface area contributed by atoms with Gasteiger partial charge in [-0.25, -0.2) is 4.79 Å². The van der Waals surface area contributed by atoms with Crippen molar-refractivity contribution in [3.8, 4) is 0 Å². The van der Waals surface area contributed by atoms with Gasteiger partial charge in [-0.1, -0.05) is 23.4 Å². The van der Waals surface area contributed by atoms with Gasteiger partial charge >= 0.3 is 5.97 Å². The number of amides is 1. The van der Waals surface area contributed by atoms with Crippen LogP contribution in [0.2, 0.25) is 0 Å². The average molecular weight is 314 g/mol. The summed E-state index contributed by atoms with van der Waals surface area (Å²) < 4.78 is 10.1. The molecule has 2 aromatic rings. The van der Waals surface area contributed by atoms with Gasteiger partial charge in [0.2, 0.25) is 5.76 Å². The molecule has 0 radical (unpaired) electrons. The van der Waals surface area contributed by atoms with Crippen LogP contribution in [0.4, 0.5) is 5.69 Å². The summed E-state index contributed by atoms with van der Waals surface area (Å²) in [4.78, 5) is 26.3. The minimum absolute atomic E-state index is 0.00111. The second kappa shape index (κ2) is 6.24. The van der Waals surface area contributed by atoms with E-state index in [-0.39, 0.29) is 11.7 Å². The van der Waals surface area contributed by atoms with Crippen molar-refractivity contribution in [1.29, 1.82) is 0 Å². The quantitative estimate of drug-likeness (QED) is 0.814. The number of anilines is 1. The molecule has 1 amide bonds. The molecule has 0 N–H and O–H groups in total. The maximum atomic E-state index is 12.6. The molecule has 0 saturated carbocycles. The van der Waals surface area contributed by atoms with Gasteiger partial charge in [0.25, 0.3) is 5.91 Å². The van der Waals surface area contributed by atoms with Crippen LogP contribution in [0.15, 0.2) is 34.9 Å². The minimum Gasteiger partial charge on any atom is -0.447 e. The normalized spacial score (nSPS) is 15.0. The Kier molecular flexibility index (Phi) is 4.14. The Morgan fingerprint density at radius 3 is 2.87 bits per heavy atom. The van der Waals surface area contributed by atoms with Crippen LogP contribution in [0.25, 0.3) is 0 Å². The van der Waals surface area contributed by atoms with E-state index in [2.05, 4.69) is 5.16 Å². The van der Waals surface area contributed by atoms with Gasteiger partial charge < -0.3 is 14.2 Å². The number of para-hydroxylation sites is 1. The highest BCUT2D eigenvalue weighted by Crippen LogP contribution is 2.27. The first-order valence-corrected chi connectivity index (χ1v) is 7.60. The predicted octanol–water partition coefficient (Wildman–Crippen LogP) is 2.51. The Morgan fingerprint density at radius 1 is 1.35 bits per heavy atom. The highest BCUT2D eigenvalue weighted by molar-refractivity contribution is 5.99. The Morgan fingerprint density at radius 2 is 2.13 bits per heavy atom. The molecular weight excluding hydrogens is 296 g/mol. The maximum absolute atomic E-state index is 12.6. The second-order valence-electron chi connectivity index (χ2n) is 5.60. The Labute approximate surface area is 134 Å². The number of hydrogen-bond donors (Lipinski definition) is 0. The standard InChI is InChI=1S/C17H18N2O4/c1-11-10-15(23-18-11)17(21)22-12(2)16(20)19-9-5-7-13-6-3-4-8-14(13)19/h3-4,6,8,10,12H,5,7,9H2,1-2H3/t12-/m1/s1. The van der Waals surface area contributed by atoms with Gasteiger partial charge in [-0.3, -0.25) is 4.79 Å². The van der Waals surface area contributed by atoms with E-state index < -0.39 is 12.1 Å². The molecule has 1 aliphatic rings. The van der Waals surface area contributed by atoms with E-state index in [0.717, 1.165) is 24.1 Å². The number of benzene rings is 1. The zero-order chi connectivity index (χ0) is 16.4. The van der Waals surface area contributed by atoms with Crippen molar-refractivity contribution in [3.63, 3.8) is 0 Å². The number of hydrogen-bond acceptors (Lipinski definition) is 5. The lowest BCUT2D eigenvalue weighted by atomic mass is 10.0. The van der Waals surface area contributed by atoms with Crippen LogP contribution in [0.3, 0.4) is 0 Å². The number of carbonyl (C=O) groups is 2. The van der Waals surface area contributed by atoms with E-state index in [1.54, 1.807) is 18.7 Å². The molecule has 6 nitrogen and oxygen atoms in total. The fourth-order valence-electron chi connectivity index (χ4n) is 2.71. The molecule has 6 heteroatoms. The summed E-state index contributed by atoms with van der Waals surface area (Å²) in [6.45, 7) is 3.90. The van der Waals surface area contributed by atoms with Crippen molar-refractivity contribution < 1.29 is 18.8 Å². The first kappa shape index (κ1) is 15.3. The smallest absolute Gasteiger partial charge is 0.377 e. The molecule has 3 rings (SSSR count). The molecule has 1 aromatic carbocycles. The van der Waals surface area contributed by atoms with Crippen molar-refractivity contribution >= 4 is 17.6 Å². The van der Waals surface area contributed by atoms with Crippen molar-refractivity contribution in [1.82, 2.24) is 5.16 Å². The lowest BCUT2D eigenvalue weighted by Crippen LogP contribution is -2.42. The Balaban J connectivity index is 1.72. The fourth-order valence-corrected chi connectivity index (χ4v) is 2.71. The van der Waals surface area contributed by atoms with Crippen LogP contribution in [0.1, 0.15) is 35.2 Å². The van der Waals surface area contributed by atoms with E-state index in [1.165, 1.54) is 6.07 Å². The zero-order valence-corrected chi connectivity index (χ0v) is 13.1. The van der Waals surface area contributed by atoms with Crippen LogP contribution in [-0.4, -0.2) is 29.7 Å². The highest BCUT2D eigenvalue weighted by atomic mass is 16.6. The van der Waals surface area contributed by atoms with Gasteiger partial charge in [0, 0.05) is 18.3 Å². The monoisotopic (exact) mass is 314 g/mol. The van der Waals surface area contributed by atoms with E-state index >= 15 is 0 Å². The van der Waals surface area contributed by atoms with Gasteiger partial charge in [-0.2, -0.15) is 0 Å². The number of esters is 1. The molecule has 23 heavy (non-hydrogen) atoms. The molecule has 0 unspecified atom stereocenters. The fraction of sp³-hybridized carbons (Fsp3) is 0.353. The van der Waals surface area contributed by atoms with Crippen LogP contribution < -0.4 is 4.90 Å². The van der Waals surface area contributed by atoms with Crippen LogP contribution >= 0.6 is 0 Å². The SMILES string of the molecule is Cc1cc(C(=O)O[C@H](C)C(=O)N2CCCc3ccccc32)on1. The van der Waals surface area contributed by atoms with Crippen molar-refractivity contribution in [2.75, 3.05) is 11.4 Å². The summed E-state index contributed by atoms with van der Waals surface area (Å²) in [5, 5.41) is 3.64. The number of fused-ring (bicyclic) bond motifs is 1. The summed E-state index contributed by atoms with van der Waals surface area (Å²) >= 11 is 0. The van der Waals surface area contributed by atoms with Crippen LogP contribution in [0.5, 0.6) is 0 Å². The first-order chi connectivity index (χ1) is 11.1. The number of nitrogens with zero attached hydrogens (tertiary/aromatic N) is 2. The van der Waals surface area contributed by atoms with Gasteiger partial charge in [0.15, 0.2) is 6.10 Å². The van der Waals surface area contributed by atoms with Crippen molar-refractivity contribution in [3.05, 3.63) is 47.3 Å². The topological polar surface area (TPSA) is 72.6 Å². The number of rotatable bonds is 3. The van der Waals surface area contributed by atoms with Crippen molar-refractivity contribution in [2.45, 2.75) is 32.8 Å². The van der Waals surface area contributed by atoms with Crippen molar-refractivity contribution in [2.24, 2.45) is 0 Å². The maximum Gasteiger partial charge on any atom is 0.377 e. The van der Waals surface area contributed by atoms with Gasteiger partial charge in [0.05, 0.1) is 5.69 Å². The summed E-state index contributed by atoms with van der Waals surface area (Å²) in [5.74, 6) is -0.917. The third kappa shape index (κ3) is 3.11. The summed E-state index contributed by atoms with van der Waals surface area (Å²) in [7, 11) is 0. The molecule has 1 aliphatic heterocycles. The molecule has 120 valence electrons. The van der Waals surface area contributed by atoms with E-state index in [4.69, 9.17) is 9.26 Å². The molecule has 1 atom stereocenters. The molecule has 0 fully saturated rings. The van der Waals surface area contributed by atoms with E-state index in [9.17, 15) is 9.59 Å². The largest absolute Gasteiger partial charge is 0.447 e. The van der Waals surface area contributed by atoms with Gasteiger partial charge in [-0.15, -0.1) is 0 Å². The predicted molar refractivity (Wildman–Crippen MR) is 83.2 cm³/mol. The lowest BCUT2D eigenvalue weighted by Gasteiger charge is -2.31. The molecule has 1 aromatic heterocycles. The molecule has 0 bridgehead atoms. The minimum atomic E-state index is -0.890. The Bertz CT molecular complexity index is 738. The van der Waals surface area contributed by atoms with Crippen LogP contribution in [0, 0.1) is 6.92 Å².